The van der Waals surface area contributed by atoms with E-state index < -0.39 is 17.7 Å². The molecule has 154 valence electrons. The largest absolute Gasteiger partial charge is 0.436 e. The topological polar surface area (TPSA) is 58.6 Å². The number of hydrogen-bond acceptors (Lipinski definition) is 5. The average Bonchev–Trinajstić information content (AvgIpc) is 3.29. The van der Waals surface area contributed by atoms with Crippen molar-refractivity contribution in [1.82, 2.24) is 10.2 Å². The van der Waals surface area contributed by atoms with Crippen LogP contribution in [0.5, 0.6) is 0 Å². The number of nitrogens with zero attached hydrogens (tertiary/aromatic N) is 1. The van der Waals surface area contributed by atoms with Gasteiger partial charge < -0.3 is 15.0 Å². The van der Waals surface area contributed by atoms with Crippen molar-refractivity contribution >= 4 is 34.7 Å². The van der Waals surface area contributed by atoms with Crippen LogP contribution in [0.2, 0.25) is 0 Å². The van der Waals surface area contributed by atoms with Gasteiger partial charge >= 0.3 is 6.09 Å². The Morgan fingerprint density at radius 2 is 1.68 bits per heavy atom. The first kappa shape index (κ1) is 22.4. The highest BCUT2D eigenvalue weighted by Gasteiger charge is 2.29. The van der Waals surface area contributed by atoms with Gasteiger partial charge in [0.1, 0.15) is 0 Å². The molecule has 2 heterocycles. The summed E-state index contributed by atoms with van der Waals surface area (Å²) >= 11 is 3.24. The van der Waals surface area contributed by atoms with E-state index >= 15 is 0 Å². The molecule has 0 aliphatic rings. The summed E-state index contributed by atoms with van der Waals surface area (Å²) in [7, 11) is 0. The molecule has 7 heteroatoms. The third-order valence-electron chi connectivity index (χ3n) is 3.99. The summed E-state index contributed by atoms with van der Waals surface area (Å²) in [5.41, 5.74) is -0.414. The zero-order valence-corrected chi connectivity index (χ0v) is 18.7. The SMILES string of the molecule is CCCC[C@H](OC(=O)NC(C)(C)C)C(=O)N(Cc1cccs1)Cc1cccs1. The number of nitrogens with one attached hydrogen (secondary N) is 1. The van der Waals surface area contributed by atoms with Gasteiger partial charge in [-0.3, -0.25) is 4.79 Å². The van der Waals surface area contributed by atoms with Gasteiger partial charge in [-0.05, 0) is 56.5 Å². The molecule has 0 aromatic carbocycles. The van der Waals surface area contributed by atoms with Gasteiger partial charge in [-0.1, -0.05) is 25.5 Å². The monoisotopic (exact) mass is 422 g/mol. The minimum atomic E-state index is -0.776. The van der Waals surface area contributed by atoms with Crippen LogP contribution in [0.1, 0.15) is 56.7 Å². The lowest BCUT2D eigenvalue weighted by Gasteiger charge is -2.28. The van der Waals surface area contributed by atoms with E-state index in [-0.39, 0.29) is 5.91 Å². The molecule has 28 heavy (non-hydrogen) atoms. The fourth-order valence-electron chi connectivity index (χ4n) is 2.68. The Kier molecular flexibility index (Phi) is 8.51. The molecule has 0 aliphatic heterocycles. The maximum atomic E-state index is 13.3. The fraction of sp³-hybridized carbons (Fsp3) is 0.524. The Balaban J connectivity index is 2.15. The second-order valence-corrected chi connectivity index (χ2v) is 9.83. The Morgan fingerprint density at radius 1 is 1.11 bits per heavy atom. The van der Waals surface area contributed by atoms with Crippen LogP contribution in [0.3, 0.4) is 0 Å². The van der Waals surface area contributed by atoms with Crippen LogP contribution in [-0.2, 0) is 22.6 Å². The first-order valence-corrected chi connectivity index (χ1v) is 11.4. The van der Waals surface area contributed by atoms with Crippen LogP contribution in [0.4, 0.5) is 4.79 Å². The van der Waals surface area contributed by atoms with Crippen LogP contribution in [0.25, 0.3) is 0 Å². The molecule has 0 saturated heterocycles. The summed E-state index contributed by atoms with van der Waals surface area (Å²) < 4.78 is 5.58. The molecular weight excluding hydrogens is 392 g/mol. The molecule has 2 aromatic rings. The molecule has 0 aliphatic carbocycles. The van der Waals surface area contributed by atoms with E-state index in [0.717, 1.165) is 22.6 Å². The third-order valence-corrected chi connectivity index (χ3v) is 5.71. The predicted octanol–water partition coefficient (Wildman–Crippen LogP) is 5.42. The third kappa shape index (κ3) is 7.64. The number of carbonyl (C=O) groups excluding carboxylic acids is 2. The Morgan fingerprint density at radius 3 is 2.11 bits per heavy atom. The fourth-order valence-corrected chi connectivity index (χ4v) is 4.12. The van der Waals surface area contributed by atoms with Crippen molar-refractivity contribution in [2.75, 3.05) is 0 Å². The van der Waals surface area contributed by atoms with Gasteiger partial charge in [0.25, 0.3) is 5.91 Å². The molecular formula is C21H30N2O3S2. The van der Waals surface area contributed by atoms with E-state index in [9.17, 15) is 9.59 Å². The molecule has 0 radical (unpaired) electrons. The summed E-state index contributed by atoms with van der Waals surface area (Å²) in [6, 6.07) is 8.01. The second kappa shape index (κ2) is 10.6. The van der Waals surface area contributed by atoms with Gasteiger partial charge in [0.05, 0.1) is 13.1 Å². The average molecular weight is 423 g/mol. The molecule has 0 saturated carbocycles. The molecule has 1 N–H and O–H groups in total. The van der Waals surface area contributed by atoms with Crippen LogP contribution >= 0.6 is 22.7 Å². The van der Waals surface area contributed by atoms with Crippen molar-refractivity contribution < 1.29 is 14.3 Å². The second-order valence-electron chi connectivity index (χ2n) is 7.76. The number of amides is 2. The standard InChI is InChI=1S/C21H30N2O3S2/c1-5-6-11-18(26-20(25)22-21(2,3)4)19(24)23(14-16-9-7-12-27-16)15-17-10-8-13-28-17/h7-10,12-13,18H,5-6,11,14-15H2,1-4H3,(H,22,25)/t18-/m0/s1. The summed E-state index contributed by atoms with van der Waals surface area (Å²) in [5.74, 6) is -0.140. The van der Waals surface area contributed by atoms with Crippen molar-refractivity contribution in [3.05, 3.63) is 44.8 Å². The van der Waals surface area contributed by atoms with E-state index in [0.29, 0.717) is 19.5 Å². The minimum Gasteiger partial charge on any atom is -0.436 e. The van der Waals surface area contributed by atoms with Crippen molar-refractivity contribution in [1.29, 1.82) is 0 Å². The normalized spacial score (nSPS) is 12.4. The molecule has 2 aromatic heterocycles. The molecule has 5 nitrogen and oxygen atoms in total. The number of alkyl carbamates (subject to hydrolysis) is 1. The Hall–Kier alpha value is -1.86. The van der Waals surface area contributed by atoms with Crippen LogP contribution in [0, 0.1) is 0 Å². The summed E-state index contributed by atoms with van der Waals surface area (Å²) in [6.07, 6.45) is 0.962. The summed E-state index contributed by atoms with van der Waals surface area (Å²) in [4.78, 5) is 29.6. The highest BCUT2D eigenvalue weighted by molar-refractivity contribution is 7.10. The van der Waals surface area contributed by atoms with Gasteiger partial charge in [-0.2, -0.15) is 0 Å². The Bertz CT molecular complexity index is 685. The number of carbonyl (C=O) groups is 2. The lowest BCUT2D eigenvalue weighted by Crippen LogP contribution is -2.46. The van der Waals surface area contributed by atoms with Crippen molar-refractivity contribution in [2.45, 2.75) is 71.7 Å². The van der Waals surface area contributed by atoms with E-state index in [1.165, 1.54) is 0 Å². The van der Waals surface area contributed by atoms with E-state index in [1.807, 2.05) is 55.8 Å². The highest BCUT2D eigenvalue weighted by atomic mass is 32.1. The van der Waals surface area contributed by atoms with Gasteiger partial charge in [-0.15, -0.1) is 22.7 Å². The maximum absolute atomic E-state index is 13.3. The predicted molar refractivity (Wildman–Crippen MR) is 116 cm³/mol. The van der Waals surface area contributed by atoms with Crippen molar-refractivity contribution in [3.63, 3.8) is 0 Å². The van der Waals surface area contributed by atoms with Gasteiger partial charge in [0, 0.05) is 15.3 Å². The van der Waals surface area contributed by atoms with Crippen LogP contribution in [0.15, 0.2) is 35.0 Å². The van der Waals surface area contributed by atoms with Gasteiger partial charge in [0.2, 0.25) is 0 Å². The van der Waals surface area contributed by atoms with E-state index in [2.05, 4.69) is 12.2 Å². The number of hydrogen-bond donors (Lipinski definition) is 1. The molecule has 0 unspecified atom stereocenters. The Labute approximate surface area is 175 Å². The van der Waals surface area contributed by atoms with Crippen LogP contribution < -0.4 is 5.32 Å². The smallest absolute Gasteiger partial charge is 0.408 e. The number of thiophene rings is 2. The molecule has 2 amide bonds. The molecule has 2 rings (SSSR count). The minimum absolute atomic E-state index is 0.140. The zero-order chi connectivity index (χ0) is 20.6. The van der Waals surface area contributed by atoms with E-state index in [1.54, 1.807) is 27.6 Å². The quantitative estimate of drug-likeness (QED) is 0.587. The highest BCUT2D eigenvalue weighted by Crippen LogP contribution is 2.20. The first-order valence-electron chi connectivity index (χ1n) is 9.61. The summed E-state index contributed by atoms with van der Waals surface area (Å²) in [5, 5.41) is 6.79. The van der Waals surface area contributed by atoms with Gasteiger partial charge in [0.15, 0.2) is 6.10 Å². The lowest BCUT2D eigenvalue weighted by atomic mass is 10.1. The van der Waals surface area contributed by atoms with Crippen molar-refractivity contribution in [3.8, 4) is 0 Å². The molecule has 0 fully saturated rings. The zero-order valence-electron chi connectivity index (χ0n) is 17.1. The van der Waals surface area contributed by atoms with E-state index in [4.69, 9.17) is 4.74 Å². The molecule has 0 bridgehead atoms. The first-order chi connectivity index (χ1) is 13.3. The number of rotatable bonds is 9. The number of unbranched alkanes of at least 4 members (excludes halogenated alkanes) is 1. The summed E-state index contributed by atoms with van der Waals surface area (Å²) in [6.45, 7) is 8.75. The van der Waals surface area contributed by atoms with Crippen LogP contribution in [-0.4, -0.2) is 28.5 Å². The number of ether oxygens (including phenoxy) is 1. The molecule has 1 atom stereocenters. The van der Waals surface area contributed by atoms with Gasteiger partial charge in [-0.25, -0.2) is 4.79 Å². The van der Waals surface area contributed by atoms with Crippen molar-refractivity contribution in [2.24, 2.45) is 0 Å². The lowest BCUT2D eigenvalue weighted by molar-refractivity contribution is -0.142. The maximum Gasteiger partial charge on any atom is 0.408 e. The molecule has 0 spiro atoms.